The van der Waals surface area contributed by atoms with Crippen molar-refractivity contribution in [3.05, 3.63) is 65.7 Å². The zero-order valence-electron chi connectivity index (χ0n) is 23.0. The highest BCUT2D eigenvalue weighted by atomic mass is 19.1. The van der Waals surface area contributed by atoms with Crippen LogP contribution < -0.4 is 15.4 Å². The summed E-state index contributed by atoms with van der Waals surface area (Å²) in [6, 6.07) is 9.93. The predicted molar refractivity (Wildman–Crippen MR) is 149 cm³/mol. The third-order valence-corrected chi connectivity index (χ3v) is 6.79. The van der Waals surface area contributed by atoms with Crippen LogP contribution in [0.3, 0.4) is 0 Å². The molecular formula is C29H31FN6O5. The van der Waals surface area contributed by atoms with E-state index < -0.39 is 5.82 Å². The quantitative estimate of drug-likeness (QED) is 0.294. The first-order chi connectivity index (χ1) is 19.8. The Labute approximate surface area is 236 Å². The van der Waals surface area contributed by atoms with Gasteiger partial charge in [-0.25, -0.2) is 14.4 Å². The Kier molecular flexibility index (Phi) is 8.39. The van der Waals surface area contributed by atoms with E-state index in [1.165, 1.54) is 20.1 Å². The lowest BCUT2D eigenvalue weighted by molar-refractivity contribution is -0.146. The molecule has 41 heavy (non-hydrogen) atoms. The van der Waals surface area contributed by atoms with Crippen LogP contribution in [0, 0.1) is 5.82 Å². The normalized spacial score (nSPS) is 16.8. The molecule has 4 aromatic rings. The third-order valence-electron chi connectivity index (χ3n) is 6.79. The highest BCUT2D eigenvalue weighted by molar-refractivity contribution is 5.97. The Morgan fingerprint density at radius 2 is 2.07 bits per heavy atom. The van der Waals surface area contributed by atoms with E-state index in [0.29, 0.717) is 41.3 Å². The second kappa shape index (κ2) is 12.3. The molecule has 1 aliphatic heterocycles. The van der Waals surface area contributed by atoms with E-state index in [1.807, 2.05) is 0 Å². The number of nitrogens with zero attached hydrogens (tertiary/aromatic N) is 4. The fourth-order valence-electron chi connectivity index (χ4n) is 4.76. The molecule has 2 N–H and O–H groups in total. The van der Waals surface area contributed by atoms with Crippen molar-refractivity contribution < 1.29 is 28.2 Å². The summed E-state index contributed by atoms with van der Waals surface area (Å²) in [5.74, 6) is -0.520. The maximum Gasteiger partial charge on any atom is 0.302 e. The first-order valence-corrected chi connectivity index (χ1v) is 13.2. The highest BCUT2D eigenvalue weighted by Gasteiger charge is 2.24. The number of ether oxygens (including phenoxy) is 3. The molecule has 1 aliphatic rings. The minimum absolute atomic E-state index is 0.0566. The van der Waals surface area contributed by atoms with Crippen LogP contribution in [0.5, 0.6) is 5.75 Å². The summed E-state index contributed by atoms with van der Waals surface area (Å²) in [5.41, 5.74) is 2.95. The summed E-state index contributed by atoms with van der Waals surface area (Å²) in [4.78, 5) is 33.2. The first kappa shape index (κ1) is 28.0. The fourth-order valence-corrected chi connectivity index (χ4v) is 4.76. The molecule has 11 nitrogen and oxygen atoms in total. The van der Waals surface area contributed by atoms with Crippen molar-refractivity contribution in [3.8, 4) is 17.0 Å². The molecule has 214 valence electrons. The van der Waals surface area contributed by atoms with Gasteiger partial charge in [0.25, 0.3) is 5.91 Å². The first-order valence-electron chi connectivity index (χ1n) is 13.2. The Balaban J connectivity index is 1.26. The molecule has 0 saturated carbocycles. The van der Waals surface area contributed by atoms with E-state index in [4.69, 9.17) is 14.2 Å². The molecule has 1 saturated heterocycles. The lowest BCUT2D eigenvalue weighted by Gasteiger charge is -2.29. The van der Waals surface area contributed by atoms with Crippen LogP contribution in [0.25, 0.3) is 22.2 Å². The van der Waals surface area contributed by atoms with E-state index >= 15 is 0 Å². The van der Waals surface area contributed by atoms with Crippen molar-refractivity contribution in [2.45, 2.75) is 38.5 Å². The Morgan fingerprint density at radius 3 is 2.85 bits per heavy atom. The number of aromatic nitrogens is 4. The number of hydrogen-bond acceptors (Lipinski definition) is 9. The minimum atomic E-state index is -0.490. The average Bonchev–Trinajstić information content (AvgIpc) is 3.34. The van der Waals surface area contributed by atoms with E-state index in [-0.39, 0.29) is 42.9 Å². The molecule has 1 fully saturated rings. The summed E-state index contributed by atoms with van der Waals surface area (Å²) in [5, 5.41) is 11.5. The van der Waals surface area contributed by atoms with Crippen LogP contribution in [0.2, 0.25) is 0 Å². The van der Waals surface area contributed by atoms with Gasteiger partial charge in [0.2, 0.25) is 5.95 Å². The summed E-state index contributed by atoms with van der Waals surface area (Å²) in [6.45, 7) is 2.31. The molecule has 1 amide bonds. The van der Waals surface area contributed by atoms with Gasteiger partial charge in [0.15, 0.2) is 11.6 Å². The van der Waals surface area contributed by atoms with Crippen molar-refractivity contribution in [2.75, 3.05) is 25.6 Å². The minimum Gasteiger partial charge on any atom is -0.494 e. The fraction of sp³-hybridized carbons (Fsp3) is 0.345. The number of rotatable bonds is 9. The lowest BCUT2D eigenvalue weighted by atomic mass is 10.0. The van der Waals surface area contributed by atoms with Gasteiger partial charge in [-0.1, -0.05) is 6.07 Å². The van der Waals surface area contributed by atoms with E-state index in [2.05, 4.69) is 25.7 Å². The standard InChI is InChI=1S/C29H31FN6O5/c1-17(37)41-16-23-12-22(8-9-40-23)33-29-32-13-20-5-4-19(11-25(20)34-29)28(38)31-14-21-15-36(2)35-27(21)18-6-7-26(39-3)24(30)10-18/h4-7,10-11,13,15,22-23H,8-9,12,14,16H2,1-3H3,(H,31,38)(H,32,33,34)/t22-,23-/m0/s1. The number of fused-ring (bicyclic) bond motifs is 1. The van der Waals surface area contributed by atoms with Gasteiger partial charge < -0.3 is 24.8 Å². The molecule has 0 aliphatic carbocycles. The number of carbonyl (C=O) groups is 2. The Hall–Kier alpha value is -4.58. The molecule has 0 spiro atoms. The number of esters is 1. The second-order valence-corrected chi connectivity index (χ2v) is 9.84. The predicted octanol–water partition coefficient (Wildman–Crippen LogP) is 3.63. The van der Waals surface area contributed by atoms with Crippen molar-refractivity contribution in [1.82, 2.24) is 25.1 Å². The largest absolute Gasteiger partial charge is 0.494 e. The average molecular weight is 563 g/mol. The maximum absolute atomic E-state index is 14.3. The van der Waals surface area contributed by atoms with E-state index in [9.17, 15) is 14.0 Å². The van der Waals surface area contributed by atoms with Gasteiger partial charge in [0, 0.05) is 67.6 Å². The Bertz CT molecular complexity index is 1570. The Morgan fingerprint density at radius 1 is 1.22 bits per heavy atom. The lowest BCUT2D eigenvalue weighted by Crippen LogP contribution is -2.37. The van der Waals surface area contributed by atoms with Crippen LogP contribution in [-0.4, -0.2) is 64.1 Å². The van der Waals surface area contributed by atoms with Gasteiger partial charge in [-0.15, -0.1) is 0 Å². The molecule has 0 radical (unpaired) electrons. The van der Waals surface area contributed by atoms with Crippen LogP contribution >= 0.6 is 0 Å². The molecule has 0 unspecified atom stereocenters. The van der Waals surface area contributed by atoms with Crippen LogP contribution in [0.1, 0.15) is 35.7 Å². The molecular weight excluding hydrogens is 531 g/mol. The van der Waals surface area contributed by atoms with Gasteiger partial charge >= 0.3 is 5.97 Å². The molecule has 5 rings (SSSR count). The van der Waals surface area contributed by atoms with E-state index in [0.717, 1.165) is 17.4 Å². The highest BCUT2D eigenvalue weighted by Crippen LogP contribution is 2.27. The number of halogens is 1. The smallest absolute Gasteiger partial charge is 0.302 e. The summed E-state index contributed by atoms with van der Waals surface area (Å²) in [7, 11) is 3.18. The second-order valence-electron chi connectivity index (χ2n) is 9.84. The molecule has 12 heteroatoms. The van der Waals surface area contributed by atoms with Crippen molar-refractivity contribution >= 4 is 28.7 Å². The molecule has 2 atom stereocenters. The van der Waals surface area contributed by atoms with Gasteiger partial charge in [-0.05, 0) is 43.2 Å². The summed E-state index contributed by atoms with van der Waals surface area (Å²) < 4.78 is 31.7. The number of nitrogens with one attached hydrogen (secondary N) is 2. The third kappa shape index (κ3) is 6.77. The number of methoxy groups -OCH3 is 1. The van der Waals surface area contributed by atoms with Gasteiger partial charge in [-0.3, -0.25) is 14.3 Å². The van der Waals surface area contributed by atoms with Crippen molar-refractivity contribution in [1.29, 1.82) is 0 Å². The zero-order valence-corrected chi connectivity index (χ0v) is 23.0. The van der Waals surface area contributed by atoms with Crippen molar-refractivity contribution in [2.24, 2.45) is 7.05 Å². The van der Waals surface area contributed by atoms with Gasteiger partial charge in [0.1, 0.15) is 6.61 Å². The summed E-state index contributed by atoms with van der Waals surface area (Å²) >= 11 is 0. The number of benzene rings is 2. The SMILES string of the molecule is COc1ccc(-c2nn(C)cc2CNC(=O)c2ccc3cnc(N[C@H]4CCO[C@H](COC(C)=O)C4)nc3c2)cc1F. The molecule has 0 bridgehead atoms. The van der Waals surface area contributed by atoms with Crippen molar-refractivity contribution in [3.63, 3.8) is 0 Å². The molecule has 2 aromatic heterocycles. The van der Waals surface area contributed by atoms with E-state index in [1.54, 1.807) is 54.5 Å². The van der Waals surface area contributed by atoms with Crippen LogP contribution in [-0.2, 0) is 27.9 Å². The number of amides is 1. The van der Waals surface area contributed by atoms with Crippen LogP contribution in [0.15, 0.2) is 48.8 Å². The van der Waals surface area contributed by atoms with Crippen LogP contribution in [0.4, 0.5) is 10.3 Å². The van der Waals surface area contributed by atoms with Gasteiger partial charge in [-0.2, -0.15) is 5.10 Å². The zero-order chi connectivity index (χ0) is 28.9. The molecule has 2 aromatic carbocycles. The monoisotopic (exact) mass is 562 g/mol. The van der Waals surface area contributed by atoms with Gasteiger partial charge in [0.05, 0.1) is 24.4 Å². The maximum atomic E-state index is 14.3. The number of anilines is 1. The number of hydrogen-bond donors (Lipinski definition) is 2. The molecule has 3 heterocycles. The number of aryl methyl sites for hydroxylation is 1. The summed E-state index contributed by atoms with van der Waals surface area (Å²) in [6.07, 6.45) is 4.72. The topological polar surface area (TPSA) is 129 Å². The number of carbonyl (C=O) groups excluding carboxylic acids is 2.